The minimum atomic E-state index is -0.128. The number of hydrogen-bond acceptors (Lipinski definition) is 4. The van der Waals surface area contributed by atoms with E-state index in [9.17, 15) is 4.79 Å². The molecular weight excluding hydrogens is 410 g/mol. The van der Waals surface area contributed by atoms with E-state index in [0.29, 0.717) is 11.4 Å². The van der Waals surface area contributed by atoms with Gasteiger partial charge in [0.1, 0.15) is 5.82 Å². The van der Waals surface area contributed by atoms with Gasteiger partial charge in [-0.15, -0.1) is 0 Å². The number of rotatable bonds is 8. The third-order valence-corrected chi connectivity index (χ3v) is 5.99. The van der Waals surface area contributed by atoms with E-state index in [1.54, 1.807) is 12.4 Å². The molecule has 4 aromatic rings. The molecule has 33 heavy (non-hydrogen) atoms. The summed E-state index contributed by atoms with van der Waals surface area (Å²) in [5.41, 5.74) is 5.93. The third-order valence-electron chi connectivity index (χ3n) is 5.99. The molecule has 0 unspecified atom stereocenters. The monoisotopic (exact) mass is 439 g/mol. The highest BCUT2D eigenvalue weighted by atomic mass is 16.1. The zero-order valence-corrected chi connectivity index (χ0v) is 19.3. The largest absolute Gasteiger partial charge is 0.373 e. The van der Waals surface area contributed by atoms with Gasteiger partial charge in [-0.1, -0.05) is 44.7 Å². The number of aromatic amines is 1. The smallest absolute Gasteiger partial charge is 0.253 e. The number of nitrogens with zero attached hydrogens (tertiary/aromatic N) is 2. The summed E-state index contributed by atoms with van der Waals surface area (Å²) >= 11 is 0. The van der Waals surface area contributed by atoms with Crippen LogP contribution in [-0.4, -0.2) is 33.9 Å². The van der Waals surface area contributed by atoms with Gasteiger partial charge in [0.25, 0.3) is 5.91 Å². The Kier molecular flexibility index (Phi) is 6.54. The maximum Gasteiger partial charge on any atom is 0.253 e. The number of nitrogens with one attached hydrogen (secondary N) is 3. The second-order valence-electron chi connectivity index (χ2n) is 8.00. The molecule has 0 atom stereocenters. The first kappa shape index (κ1) is 22.3. The van der Waals surface area contributed by atoms with Crippen molar-refractivity contribution >= 4 is 28.2 Å². The normalized spacial score (nSPS) is 11.0. The Hall–Kier alpha value is -3.93. The van der Waals surface area contributed by atoms with Crippen LogP contribution in [0, 0.1) is 0 Å². The molecule has 0 spiro atoms. The number of para-hydroxylation sites is 1. The first-order valence-corrected chi connectivity index (χ1v) is 11.3. The topological polar surface area (TPSA) is 82.7 Å². The lowest BCUT2D eigenvalue weighted by Crippen LogP contribution is -2.33. The number of fused-ring (bicyclic) bond motifs is 1. The molecule has 0 radical (unpaired) electrons. The van der Waals surface area contributed by atoms with Crippen molar-refractivity contribution in [1.29, 1.82) is 0 Å². The van der Waals surface area contributed by atoms with Crippen LogP contribution in [0.15, 0.2) is 67.6 Å². The van der Waals surface area contributed by atoms with Crippen molar-refractivity contribution in [2.75, 3.05) is 12.4 Å². The lowest BCUT2D eigenvalue weighted by atomic mass is 9.96. The lowest BCUT2D eigenvalue weighted by Gasteiger charge is -2.17. The van der Waals surface area contributed by atoms with Gasteiger partial charge in [0.2, 0.25) is 0 Å². The molecule has 0 fully saturated rings. The average molecular weight is 440 g/mol. The van der Waals surface area contributed by atoms with E-state index in [-0.39, 0.29) is 11.9 Å². The molecule has 3 heterocycles. The second-order valence-corrected chi connectivity index (χ2v) is 8.00. The van der Waals surface area contributed by atoms with Crippen LogP contribution in [0.1, 0.15) is 48.3 Å². The maximum absolute atomic E-state index is 12.9. The van der Waals surface area contributed by atoms with Gasteiger partial charge < -0.3 is 15.6 Å². The number of amides is 1. The summed E-state index contributed by atoms with van der Waals surface area (Å²) in [6.07, 6.45) is 6.98. The highest BCUT2D eigenvalue weighted by molar-refractivity contribution is 6.04. The predicted molar refractivity (Wildman–Crippen MR) is 135 cm³/mol. The molecule has 3 aromatic heterocycles. The molecule has 1 aromatic carbocycles. The predicted octanol–water partition coefficient (Wildman–Crippen LogP) is 5.65. The van der Waals surface area contributed by atoms with Gasteiger partial charge in [-0.3, -0.25) is 9.78 Å². The van der Waals surface area contributed by atoms with Gasteiger partial charge in [-0.25, -0.2) is 4.98 Å². The lowest BCUT2D eigenvalue weighted by molar-refractivity contribution is 0.0934. The molecular formula is C27H29N5O. The SMILES string of the molecule is C=C(c1cc(C(=O)NC(CC)CC)cnc1NC)c1[nH]c2ccccc2c1-c1cccnc1. The molecule has 0 aliphatic heterocycles. The van der Waals surface area contributed by atoms with Gasteiger partial charge in [0.05, 0.1) is 11.3 Å². The van der Waals surface area contributed by atoms with Crippen LogP contribution >= 0.6 is 0 Å². The van der Waals surface area contributed by atoms with E-state index in [0.717, 1.165) is 51.7 Å². The molecule has 6 nitrogen and oxygen atoms in total. The number of carbonyl (C=O) groups excluding carboxylic acids is 1. The van der Waals surface area contributed by atoms with Gasteiger partial charge in [-0.2, -0.15) is 0 Å². The standard InChI is InChI=1S/C27H29N5O/c1-5-20(6-2)31-27(33)19-14-22(26(28-4)30-16-19)17(3)25-24(18-10-9-13-29-15-18)21-11-7-8-12-23(21)32-25/h7-16,20,32H,3,5-6H2,1-2,4H3,(H,28,30)(H,31,33). The van der Waals surface area contributed by atoms with Crippen LogP contribution in [0.5, 0.6) is 0 Å². The fourth-order valence-corrected chi connectivity index (χ4v) is 4.09. The summed E-state index contributed by atoms with van der Waals surface area (Å²) in [5, 5.41) is 7.31. The Morgan fingerprint density at radius 2 is 1.91 bits per heavy atom. The fourth-order valence-electron chi connectivity index (χ4n) is 4.09. The minimum absolute atomic E-state index is 0.128. The van der Waals surface area contributed by atoms with Crippen molar-refractivity contribution in [2.24, 2.45) is 0 Å². The highest BCUT2D eigenvalue weighted by Gasteiger charge is 2.20. The fraction of sp³-hybridized carbons (Fsp3) is 0.222. The van der Waals surface area contributed by atoms with Crippen molar-refractivity contribution in [2.45, 2.75) is 32.7 Å². The summed E-state index contributed by atoms with van der Waals surface area (Å²) in [5.74, 6) is 0.534. The Morgan fingerprint density at radius 3 is 2.61 bits per heavy atom. The number of carbonyl (C=O) groups is 1. The number of H-pyrrole nitrogens is 1. The molecule has 0 bridgehead atoms. The Balaban J connectivity index is 1.82. The van der Waals surface area contributed by atoms with Crippen molar-refractivity contribution in [1.82, 2.24) is 20.3 Å². The molecule has 0 saturated carbocycles. The quantitative estimate of drug-likeness (QED) is 0.331. The van der Waals surface area contributed by atoms with Gasteiger partial charge >= 0.3 is 0 Å². The first-order chi connectivity index (χ1) is 16.1. The molecule has 0 aliphatic rings. The molecule has 0 saturated heterocycles. The van der Waals surface area contributed by atoms with E-state index >= 15 is 0 Å². The average Bonchev–Trinajstić information content (AvgIpc) is 3.26. The Morgan fingerprint density at radius 1 is 1.12 bits per heavy atom. The molecule has 0 aliphatic carbocycles. The van der Waals surface area contributed by atoms with E-state index in [1.165, 1.54) is 0 Å². The summed E-state index contributed by atoms with van der Waals surface area (Å²) in [7, 11) is 1.82. The number of benzene rings is 1. The van der Waals surface area contributed by atoms with Gasteiger partial charge in [-0.05, 0) is 31.0 Å². The Bertz CT molecular complexity index is 1290. The first-order valence-electron chi connectivity index (χ1n) is 11.3. The summed E-state index contributed by atoms with van der Waals surface area (Å²) < 4.78 is 0. The van der Waals surface area contributed by atoms with Gasteiger partial charge in [0.15, 0.2) is 0 Å². The molecule has 3 N–H and O–H groups in total. The molecule has 168 valence electrons. The second kappa shape index (κ2) is 9.69. The van der Waals surface area contributed by atoms with E-state index < -0.39 is 0 Å². The molecule has 6 heteroatoms. The van der Waals surface area contributed by atoms with Crippen LogP contribution in [0.4, 0.5) is 5.82 Å². The minimum Gasteiger partial charge on any atom is -0.373 e. The molecule has 1 amide bonds. The molecule has 4 rings (SSSR count). The van der Waals surface area contributed by atoms with E-state index in [2.05, 4.69) is 52.1 Å². The highest BCUT2D eigenvalue weighted by Crippen LogP contribution is 2.38. The van der Waals surface area contributed by atoms with Crippen LogP contribution in [-0.2, 0) is 0 Å². The van der Waals surface area contributed by atoms with Crippen LogP contribution in [0.2, 0.25) is 0 Å². The number of aromatic nitrogens is 3. The summed E-state index contributed by atoms with van der Waals surface area (Å²) in [6.45, 7) is 8.55. The number of anilines is 1. The van der Waals surface area contributed by atoms with Gasteiger partial charge in [0, 0.05) is 64.8 Å². The van der Waals surface area contributed by atoms with Crippen molar-refractivity contribution in [3.8, 4) is 11.1 Å². The Labute approximate surface area is 194 Å². The summed E-state index contributed by atoms with van der Waals surface area (Å²) in [6, 6.07) is 14.1. The van der Waals surface area contributed by atoms with E-state index in [4.69, 9.17) is 0 Å². The van der Waals surface area contributed by atoms with Crippen LogP contribution in [0.25, 0.3) is 27.6 Å². The zero-order chi connectivity index (χ0) is 23.4. The number of hydrogen-bond donors (Lipinski definition) is 3. The summed E-state index contributed by atoms with van der Waals surface area (Å²) in [4.78, 5) is 25.3. The van der Waals surface area contributed by atoms with E-state index in [1.807, 2.05) is 49.6 Å². The maximum atomic E-state index is 12.9. The van der Waals surface area contributed by atoms with Crippen LogP contribution in [0.3, 0.4) is 0 Å². The van der Waals surface area contributed by atoms with Crippen LogP contribution < -0.4 is 10.6 Å². The van der Waals surface area contributed by atoms with Crippen molar-refractivity contribution < 1.29 is 4.79 Å². The van der Waals surface area contributed by atoms with Crippen molar-refractivity contribution in [3.05, 3.63) is 84.5 Å². The zero-order valence-electron chi connectivity index (χ0n) is 19.3. The van der Waals surface area contributed by atoms with Crippen molar-refractivity contribution in [3.63, 3.8) is 0 Å². The number of pyridine rings is 2. The third kappa shape index (κ3) is 4.37.